The van der Waals surface area contributed by atoms with Gasteiger partial charge in [0, 0.05) is 13.1 Å². The molecule has 0 saturated carbocycles. The highest BCUT2D eigenvalue weighted by molar-refractivity contribution is 4.89. The third kappa shape index (κ3) is 4.46. The van der Waals surface area contributed by atoms with E-state index in [9.17, 15) is 0 Å². The van der Waals surface area contributed by atoms with Crippen LogP contribution in [0.5, 0.6) is 0 Å². The minimum atomic E-state index is -0.128. The number of hydrogen-bond acceptors (Lipinski definition) is 2. The average molecular weight is 225 g/mol. The van der Waals surface area contributed by atoms with Crippen LogP contribution in [-0.4, -0.2) is 23.6 Å². The maximum atomic E-state index is 5.80. The van der Waals surface area contributed by atoms with Crippen molar-refractivity contribution in [3.63, 3.8) is 0 Å². The van der Waals surface area contributed by atoms with Gasteiger partial charge in [-0.05, 0) is 46.1 Å². The van der Waals surface area contributed by atoms with Crippen molar-refractivity contribution < 1.29 is 4.74 Å². The fourth-order valence-corrected chi connectivity index (χ4v) is 2.30. The lowest BCUT2D eigenvalue weighted by atomic mass is 9.93. The second-order valence-electron chi connectivity index (χ2n) is 5.83. The molecule has 0 aromatic heterocycles. The fourth-order valence-electron chi connectivity index (χ4n) is 2.30. The molecule has 94 valence electrons. The fraction of sp³-hybridized carbons (Fsp3) is 0.857. The Balaban J connectivity index is 2.33. The van der Waals surface area contributed by atoms with E-state index in [2.05, 4.69) is 39.2 Å². The Morgan fingerprint density at radius 2 is 1.88 bits per heavy atom. The normalized spacial score (nSPS) is 18.6. The molecule has 1 rings (SSSR count). The van der Waals surface area contributed by atoms with Gasteiger partial charge in [0.25, 0.3) is 0 Å². The molecule has 2 heteroatoms. The number of nitrogens with zero attached hydrogens (tertiary/aromatic N) is 1. The summed E-state index contributed by atoms with van der Waals surface area (Å²) in [5.41, 5.74) is -0.128. The number of likely N-dealkylation sites (tertiary alicyclic amines) is 1. The van der Waals surface area contributed by atoms with Crippen LogP contribution in [0, 0.1) is 5.92 Å². The Labute approximate surface area is 101 Å². The molecule has 0 bridgehead atoms. The Morgan fingerprint density at radius 1 is 1.31 bits per heavy atom. The Hall–Kier alpha value is -0.660. The van der Waals surface area contributed by atoms with Crippen molar-refractivity contribution in [2.24, 2.45) is 5.92 Å². The van der Waals surface area contributed by atoms with Gasteiger partial charge in [-0.2, -0.15) is 0 Å². The van der Waals surface area contributed by atoms with Crippen LogP contribution in [-0.2, 0) is 4.74 Å². The molecule has 0 aromatic rings. The van der Waals surface area contributed by atoms with E-state index in [0.29, 0.717) is 0 Å². The lowest BCUT2D eigenvalue weighted by molar-refractivity contribution is -0.00578. The molecule has 1 saturated heterocycles. The molecular formula is C14H27NO. The molecule has 0 unspecified atom stereocenters. The molecule has 0 atom stereocenters. The third-order valence-corrected chi connectivity index (χ3v) is 3.09. The largest absolute Gasteiger partial charge is 0.474 e. The smallest absolute Gasteiger partial charge is 0.182 e. The second kappa shape index (κ2) is 5.60. The zero-order valence-electron chi connectivity index (χ0n) is 11.4. The summed E-state index contributed by atoms with van der Waals surface area (Å²) in [6, 6.07) is 0. The lowest BCUT2D eigenvalue weighted by Gasteiger charge is -2.36. The third-order valence-electron chi connectivity index (χ3n) is 3.09. The summed E-state index contributed by atoms with van der Waals surface area (Å²) in [6.07, 6.45) is 5.27. The first-order chi connectivity index (χ1) is 7.42. The first-order valence-corrected chi connectivity index (χ1v) is 6.55. The molecule has 0 aromatic carbocycles. The van der Waals surface area contributed by atoms with Gasteiger partial charge in [-0.1, -0.05) is 19.8 Å². The van der Waals surface area contributed by atoms with Crippen molar-refractivity contribution in [1.82, 2.24) is 4.90 Å². The zero-order chi connectivity index (χ0) is 12.2. The van der Waals surface area contributed by atoms with Gasteiger partial charge in [0.15, 0.2) is 5.88 Å². The lowest BCUT2D eigenvalue weighted by Crippen LogP contribution is -2.36. The van der Waals surface area contributed by atoms with E-state index in [0.717, 1.165) is 24.9 Å². The molecule has 0 amide bonds. The summed E-state index contributed by atoms with van der Waals surface area (Å²) in [5.74, 6) is 1.77. The minimum Gasteiger partial charge on any atom is -0.474 e. The molecule has 0 aliphatic carbocycles. The molecule has 16 heavy (non-hydrogen) atoms. The van der Waals surface area contributed by atoms with Crippen LogP contribution in [0.2, 0.25) is 0 Å². The van der Waals surface area contributed by atoms with E-state index in [1.54, 1.807) is 0 Å². The van der Waals surface area contributed by atoms with Gasteiger partial charge < -0.3 is 9.64 Å². The van der Waals surface area contributed by atoms with Gasteiger partial charge in [-0.15, -0.1) is 0 Å². The second-order valence-corrected chi connectivity index (χ2v) is 5.83. The highest BCUT2D eigenvalue weighted by atomic mass is 16.5. The SMILES string of the molecule is C=C(OC(C)(C)C)N1CCC(CCC)CC1. The number of hydrogen-bond donors (Lipinski definition) is 0. The van der Waals surface area contributed by atoms with Crippen LogP contribution in [0.15, 0.2) is 12.5 Å². The monoisotopic (exact) mass is 225 g/mol. The van der Waals surface area contributed by atoms with Gasteiger partial charge in [0.2, 0.25) is 0 Å². The van der Waals surface area contributed by atoms with Crippen LogP contribution in [0.4, 0.5) is 0 Å². The Kier molecular flexibility index (Phi) is 4.69. The molecule has 0 radical (unpaired) electrons. The predicted octanol–water partition coefficient (Wildman–Crippen LogP) is 3.78. The standard InChI is InChI=1S/C14H27NO/c1-6-7-13-8-10-15(11-9-13)12(2)16-14(3,4)5/h13H,2,6-11H2,1,3-5H3. The van der Waals surface area contributed by atoms with Crippen molar-refractivity contribution in [2.45, 2.75) is 59.0 Å². The van der Waals surface area contributed by atoms with Crippen LogP contribution in [0.1, 0.15) is 53.4 Å². The summed E-state index contributed by atoms with van der Waals surface area (Å²) in [6.45, 7) is 14.7. The van der Waals surface area contributed by atoms with E-state index < -0.39 is 0 Å². The number of ether oxygens (including phenoxy) is 1. The van der Waals surface area contributed by atoms with Crippen molar-refractivity contribution in [1.29, 1.82) is 0 Å². The molecular weight excluding hydrogens is 198 g/mol. The summed E-state index contributed by atoms with van der Waals surface area (Å²) in [5, 5.41) is 0. The molecule has 0 N–H and O–H groups in total. The van der Waals surface area contributed by atoms with Crippen LogP contribution in [0.3, 0.4) is 0 Å². The minimum absolute atomic E-state index is 0.128. The highest BCUT2D eigenvalue weighted by Gasteiger charge is 2.22. The first-order valence-electron chi connectivity index (χ1n) is 6.55. The Morgan fingerprint density at radius 3 is 2.31 bits per heavy atom. The van der Waals surface area contributed by atoms with E-state index in [-0.39, 0.29) is 5.60 Å². The van der Waals surface area contributed by atoms with Gasteiger partial charge in [-0.3, -0.25) is 0 Å². The quantitative estimate of drug-likeness (QED) is 0.675. The Bertz CT molecular complexity index is 221. The average Bonchev–Trinajstić information content (AvgIpc) is 2.16. The van der Waals surface area contributed by atoms with Crippen molar-refractivity contribution in [3.8, 4) is 0 Å². The maximum Gasteiger partial charge on any atom is 0.182 e. The highest BCUT2D eigenvalue weighted by Crippen LogP contribution is 2.25. The summed E-state index contributed by atoms with van der Waals surface area (Å²) >= 11 is 0. The van der Waals surface area contributed by atoms with E-state index in [1.807, 2.05) is 0 Å². The van der Waals surface area contributed by atoms with Crippen LogP contribution in [0.25, 0.3) is 0 Å². The number of rotatable bonds is 4. The van der Waals surface area contributed by atoms with Gasteiger partial charge in [0.05, 0.1) is 0 Å². The van der Waals surface area contributed by atoms with Crippen molar-refractivity contribution >= 4 is 0 Å². The van der Waals surface area contributed by atoms with Crippen LogP contribution < -0.4 is 0 Å². The molecule has 0 spiro atoms. The van der Waals surface area contributed by atoms with E-state index >= 15 is 0 Å². The van der Waals surface area contributed by atoms with Gasteiger partial charge in [0.1, 0.15) is 5.60 Å². The summed E-state index contributed by atoms with van der Waals surface area (Å²) in [7, 11) is 0. The topological polar surface area (TPSA) is 12.5 Å². The summed E-state index contributed by atoms with van der Waals surface area (Å²) < 4.78 is 5.80. The summed E-state index contributed by atoms with van der Waals surface area (Å²) in [4.78, 5) is 2.29. The first kappa shape index (κ1) is 13.4. The predicted molar refractivity (Wildman–Crippen MR) is 69.2 cm³/mol. The van der Waals surface area contributed by atoms with Gasteiger partial charge >= 0.3 is 0 Å². The molecule has 1 fully saturated rings. The van der Waals surface area contributed by atoms with Crippen molar-refractivity contribution in [2.75, 3.05) is 13.1 Å². The van der Waals surface area contributed by atoms with E-state index in [1.165, 1.54) is 25.7 Å². The molecule has 1 aliphatic rings. The zero-order valence-corrected chi connectivity index (χ0v) is 11.4. The van der Waals surface area contributed by atoms with E-state index in [4.69, 9.17) is 4.74 Å². The van der Waals surface area contributed by atoms with Crippen molar-refractivity contribution in [3.05, 3.63) is 12.5 Å². The molecule has 1 heterocycles. The maximum absolute atomic E-state index is 5.80. The molecule has 1 aliphatic heterocycles. The molecule has 2 nitrogen and oxygen atoms in total. The van der Waals surface area contributed by atoms with Gasteiger partial charge in [-0.25, -0.2) is 0 Å². The number of piperidine rings is 1. The van der Waals surface area contributed by atoms with Crippen LogP contribution >= 0.6 is 0 Å².